The summed E-state index contributed by atoms with van der Waals surface area (Å²) < 4.78 is 5.08. The molecule has 1 heterocycles. The molecule has 0 fully saturated rings. The number of rotatable bonds is 4. The Morgan fingerprint density at radius 1 is 1.56 bits per heavy atom. The van der Waals surface area contributed by atoms with Crippen LogP contribution in [0.2, 0.25) is 0 Å². The zero-order valence-electron chi connectivity index (χ0n) is 9.64. The van der Waals surface area contributed by atoms with Crippen LogP contribution in [0.1, 0.15) is 5.82 Å². The van der Waals surface area contributed by atoms with Crippen LogP contribution in [0.15, 0.2) is 18.2 Å². The number of carbonyl (C=O) groups excluding carboxylic acids is 1. The summed E-state index contributed by atoms with van der Waals surface area (Å²) in [7, 11) is 1.51. The number of nitrogens with one attached hydrogen (secondary N) is 1. The number of anilines is 1. The summed E-state index contributed by atoms with van der Waals surface area (Å²) in [6, 6.07) is 5.08. The minimum atomic E-state index is -1.22. The van der Waals surface area contributed by atoms with E-state index in [0.29, 0.717) is 22.8 Å². The van der Waals surface area contributed by atoms with Crippen LogP contribution >= 0.6 is 0 Å². The summed E-state index contributed by atoms with van der Waals surface area (Å²) in [6.45, 7) is 0. The summed E-state index contributed by atoms with van der Waals surface area (Å²) >= 11 is 0. The quantitative estimate of drug-likeness (QED) is 0.693. The number of aromatic nitrogens is 3. The van der Waals surface area contributed by atoms with Gasteiger partial charge < -0.3 is 20.4 Å². The van der Waals surface area contributed by atoms with Crippen molar-refractivity contribution in [3.05, 3.63) is 24.0 Å². The Hall–Kier alpha value is -2.57. The maximum atomic E-state index is 10.4. The molecule has 0 amide bonds. The lowest BCUT2D eigenvalue weighted by molar-refractivity contribution is -0.304. The molecule has 7 heteroatoms. The smallest absolute Gasteiger partial charge is 0.181 e. The first-order chi connectivity index (χ1) is 8.60. The lowest BCUT2D eigenvalue weighted by Crippen LogP contribution is -2.24. The van der Waals surface area contributed by atoms with E-state index in [2.05, 4.69) is 15.2 Å². The first kappa shape index (κ1) is 11.9. The third-order valence-corrected chi connectivity index (χ3v) is 2.34. The Kier molecular flexibility index (Phi) is 3.13. The third kappa shape index (κ3) is 2.40. The molecule has 0 aliphatic carbocycles. The van der Waals surface area contributed by atoms with Gasteiger partial charge in [0.1, 0.15) is 11.6 Å². The lowest BCUT2D eigenvalue weighted by atomic mass is 10.2. The molecule has 3 N–H and O–H groups in total. The molecule has 0 radical (unpaired) electrons. The van der Waals surface area contributed by atoms with Crippen LogP contribution in [0.3, 0.4) is 0 Å². The maximum Gasteiger partial charge on any atom is 0.181 e. The van der Waals surface area contributed by atoms with Gasteiger partial charge in [0.15, 0.2) is 5.82 Å². The van der Waals surface area contributed by atoms with Gasteiger partial charge in [-0.3, -0.25) is 5.10 Å². The fourth-order valence-electron chi connectivity index (χ4n) is 1.49. The molecule has 0 aliphatic heterocycles. The average Bonchev–Trinajstić information content (AvgIpc) is 2.77. The molecule has 0 bridgehead atoms. The average molecular weight is 247 g/mol. The van der Waals surface area contributed by atoms with Crippen molar-refractivity contribution in [3.8, 4) is 17.1 Å². The maximum absolute atomic E-state index is 10.4. The lowest BCUT2D eigenvalue weighted by Gasteiger charge is -2.04. The molecule has 1 aromatic carbocycles. The van der Waals surface area contributed by atoms with Gasteiger partial charge in [-0.1, -0.05) is 0 Å². The summed E-state index contributed by atoms with van der Waals surface area (Å²) in [5.41, 5.74) is 6.88. The second-order valence-electron chi connectivity index (χ2n) is 3.61. The van der Waals surface area contributed by atoms with Crippen molar-refractivity contribution >= 4 is 11.7 Å². The second-order valence-corrected chi connectivity index (χ2v) is 3.61. The number of carboxylic acid groups (broad SMARTS) is 1. The number of benzene rings is 1. The van der Waals surface area contributed by atoms with E-state index in [1.807, 2.05) is 0 Å². The van der Waals surface area contributed by atoms with Gasteiger partial charge in [-0.05, 0) is 18.2 Å². The number of methoxy groups -OCH3 is 1. The molecule has 0 aliphatic rings. The number of nitrogens with two attached hydrogens (primary N) is 1. The summed E-state index contributed by atoms with van der Waals surface area (Å²) in [6.07, 6.45) is -0.306. The third-order valence-electron chi connectivity index (χ3n) is 2.34. The number of aromatic amines is 1. The number of hydrogen-bond donors (Lipinski definition) is 2. The Morgan fingerprint density at radius 3 is 3.00 bits per heavy atom. The molecule has 94 valence electrons. The van der Waals surface area contributed by atoms with Crippen LogP contribution in [0.25, 0.3) is 11.4 Å². The Morgan fingerprint density at radius 2 is 2.33 bits per heavy atom. The highest BCUT2D eigenvalue weighted by atomic mass is 16.5. The second kappa shape index (κ2) is 4.74. The Labute approximate surface area is 103 Å². The highest BCUT2D eigenvalue weighted by molar-refractivity contribution is 5.68. The minimum absolute atomic E-state index is 0.237. The van der Waals surface area contributed by atoms with E-state index in [1.54, 1.807) is 18.2 Å². The number of nitrogen functional groups attached to an aromatic ring is 1. The zero-order valence-corrected chi connectivity index (χ0v) is 9.64. The van der Waals surface area contributed by atoms with Crippen molar-refractivity contribution in [2.75, 3.05) is 12.8 Å². The molecular weight excluding hydrogens is 236 g/mol. The van der Waals surface area contributed by atoms with Crippen LogP contribution in [-0.4, -0.2) is 28.3 Å². The van der Waals surface area contributed by atoms with E-state index in [1.165, 1.54) is 7.11 Å². The molecule has 18 heavy (non-hydrogen) atoms. The SMILES string of the molecule is COc1cc(-c2n[nH]c(CC(=O)[O-])n2)ccc1N. The molecule has 0 spiro atoms. The normalized spacial score (nSPS) is 10.3. The van der Waals surface area contributed by atoms with Crippen LogP contribution in [0.5, 0.6) is 5.75 Å². The van der Waals surface area contributed by atoms with Crippen molar-refractivity contribution in [1.29, 1.82) is 0 Å². The van der Waals surface area contributed by atoms with Crippen molar-refractivity contribution < 1.29 is 14.6 Å². The number of ether oxygens (including phenoxy) is 1. The van der Waals surface area contributed by atoms with E-state index in [9.17, 15) is 9.90 Å². The van der Waals surface area contributed by atoms with E-state index in [-0.39, 0.29) is 12.2 Å². The number of H-pyrrole nitrogens is 1. The number of aliphatic carboxylic acids is 1. The van der Waals surface area contributed by atoms with E-state index in [4.69, 9.17) is 10.5 Å². The first-order valence-corrected chi connectivity index (χ1v) is 5.15. The van der Waals surface area contributed by atoms with Crippen LogP contribution in [0.4, 0.5) is 5.69 Å². The topological polar surface area (TPSA) is 117 Å². The van der Waals surface area contributed by atoms with Gasteiger partial charge in [0.05, 0.1) is 12.8 Å². The van der Waals surface area contributed by atoms with Crippen LogP contribution < -0.4 is 15.6 Å². The molecule has 7 nitrogen and oxygen atoms in total. The fraction of sp³-hybridized carbons (Fsp3) is 0.182. The monoisotopic (exact) mass is 247 g/mol. The van der Waals surface area contributed by atoms with Gasteiger partial charge in [0.2, 0.25) is 0 Å². The fourth-order valence-corrected chi connectivity index (χ4v) is 1.49. The van der Waals surface area contributed by atoms with Crippen molar-refractivity contribution in [1.82, 2.24) is 15.2 Å². The highest BCUT2D eigenvalue weighted by Crippen LogP contribution is 2.26. The van der Waals surface area contributed by atoms with E-state index >= 15 is 0 Å². The molecule has 0 saturated carbocycles. The number of carbonyl (C=O) groups is 1. The van der Waals surface area contributed by atoms with Crippen LogP contribution in [0, 0.1) is 0 Å². The van der Waals surface area contributed by atoms with Gasteiger partial charge >= 0.3 is 0 Å². The van der Waals surface area contributed by atoms with Gasteiger partial charge in [-0.2, -0.15) is 5.10 Å². The van der Waals surface area contributed by atoms with Gasteiger partial charge in [-0.15, -0.1) is 0 Å². The Balaban J connectivity index is 2.31. The minimum Gasteiger partial charge on any atom is -0.550 e. The van der Waals surface area contributed by atoms with Crippen LogP contribution in [-0.2, 0) is 11.2 Å². The number of nitrogens with zero attached hydrogens (tertiary/aromatic N) is 2. The molecule has 2 rings (SSSR count). The van der Waals surface area contributed by atoms with Crippen molar-refractivity contribution in [2.24, 2.45) is 0 Å². The number of hydrogen-bond acceptors (Lipinski definition) is 6. The van der Waals surface area contributed by atoms with Crippen molar-refractivity contribution in [3.63, 3.8) is 0 Å². The van der Waals surface area contributed by atoms with Gasteiger partial charge in [-0.25, -0.2) is 4.98 Å². The molecule has 2 aromatic rings. The van der Waals surface area contributed by atoms with E-state index in [0.717, 1.165) is 0 Å². The highest BCUT2D eigenvalue weighted by Gasteiger charge is 2.08. The van der Waals surface area contributed by atoms with Gasteiger partial charge in [0, 0.05) is 18.0 Å². The molecule has 0 saturated heterocycles. The van der Waals surface area contributed by atoms with E-state index < -0.39 is 5.97 Å². The number of carboxylic acids is 1. The molecule has 0 atom stereocenters. The zero-order chi connectivity index (χ0) is 13.1. The Bertz CT molecular complexity index is 579. The molecule has 1 aromatic heterocycles. The standard InChI is InChI=1S/C11H12N4O3/c1-18-8-4-6(2-3-7(8)12)11-13-9(14-15-11)5-10(16)17/h2-4H,5,12H2,1H3,(H,16,17)(H,13,14,15)/p-1. The first-order valence-electron chi connectivity index (χ1n) is 5.15. The van der Waals surface area contributed by atoms with Gasteiger partial charge in [0.25, 0.3) is 0 Å². The summed E-state index contributed by atoms with van der Waals surface area (Å²) in [4.78, 5) is 14.5. The predicted molar refractivity (Wildman–Crippen MR) is 61.5 cm³/mol. The molecule has 0 unspecified atom stereocenters. The molecular formula is C11H11N4O3-. The van der Waals surface area contributed by atoms with Crippen molar-refractivity contribution in [2.45, 2.75) is 6.42 Å². The largest absolute Gasteiger partial charge is 0.550 e. The summed E-state index contributed by atoms with van der Waals surface area (Å²) in [5, 5.41) is 16.9. The predicted octanol–water partition coefficient (Wildman–Crippen LogP) is -0.645. The summed E-state index contributed by atoms with van der Waals surface area (Å²) in [5.74, 6) is -0.0864.